The van der Waals surface area contributed by atoms with Crippen LogP contribution in [-0.2, 0) is 11.2 Å². The maximum atomic E-state index is 13.3. The number of hydrogen-bond acceptors (Lipinski definition) is 2. The molecule has 0 aliphatic heterocycles. The van der Waals surface area contributed by atoms with E-state index in [-0.39, 0.29) is 12.0 Å². The Morgan fingerprint density at radius 1 is 1.39 bits per heavy atom. The molecule has 0 saturated carbocycles. The number of hydrogen-bond donors (Lipinski definition) is 1. The van der Waals surface area contributed by atoms with Crippen molar-refractivity contribution >= 4 is 12.0 Å². The van der Waals surface area contributed by atoms with Crippen LogP contribution in [0.1, 0.15) is 5.56 Å². The van der Waals surface area contributed by atoms with Gasteiger partial charge < -0.3 is 10.8 Å². The van der Waals surface area contributed by atoms with Crippen LogP contribution in [0.3, 0.4) is 0 Å². The van der Waals surface area contributed by atoms with Crippen molar-refractivity contribution in [2.75, 3.05) is 7.05 Å². The lowest BCUT2D eigenvalue weighted by Crippen LogP contribution is -2.37. The second-order valence-electron chi connectivity index (χ2n) is 3.55. The summed E-state index contributed by atoms with van der Waals surface area (Å²) in [6, 6.07) is 0.223. The summed E-state index contributed by atoms with van der Waals surface area (Å²) < 4.78 is 39.0. The smallest absolute Gasteiger partial charge is 0.324 e. The van der Waals surface area contributed by atoms with Crippen molar-refractivity contribution in [2.24, 2.45) is 0 Å². The summed E-state index contributed by atoms with van der Waals surface area (Å²) in [5.41, 5.74) is 8.07. The minimum Gasteiger partial charge on any atom is -0.361 e. The third-order valence-corrected chi connectivity index (χ3v) is 2.39. The van der Waals surface area contributed by atoms with E-state index in [0.29, 0.717) is 18.3 Å². The largest absolute Gasteiger partial charge is 0.361 e. The van der Waals surface area contributed by atoms with E-state index in [1.807, 2.05) is 0 Å². The van der Waals surface area contributed by atoms with Crippen LogP contribution in [0.15, 0.2) is 12.1 Å². The van der Waals surface area contributed by atoms with Crippen molar-refractivity contribution in [3.8, 4) is 0 Å². The van der Waals surface area contributed by atoms with Gasteiger partial charge in [0.05, 0.1) is 6.04 Å². The number of rotatable bonds is 5. The number of halogens is 3. The van der Waals surface area contributed by atoms with Crippen molar-refractivity contribution in [3.05, 3.63) is 40.7 Å². The highest BCUT2D eigenvalue weighted by Gasteiger charge is 2.21. The molecule has 0 aliphatic rings. The molecule has 1 aromatic rings. The Labute approximate surface area is 101 Å². The zero-order valence-corrected chi connectivity index (χ0v) is 9.45. The molecule has 0 spiro atoms. The van der Waals surface area contributed by atoms with Crippen LogP contribution in [-0.4, -0.2) is 29.9 Å². The van der Waals surface area contributed by atoms with Gasteiger partial charge in [0.15, 0.2) is 11.6 Å². The molecular formula is C11H10F3N3O. The van der Waals surface area contributed by atoms with Crippen LogP contribution in [0.4, 0.5) is 13.2 Å². The zero-order valence-electron chi connectivity index (χ0n) is 9.45. The molecule has 0 amide bonds. The number of carbonyl (C=O) groups is 1. The normalized spacial score (nSPS) is 11.8. The number of ketones is 1. The fourth-order valence-corrected chi connectivity index (χ4v) is 1.43. The maximum absolute atomic E-state index is 13.3. The molecule has 0 heterocycles. The van der Waals surface area contributed by atoms with Gasteiger partial charge in [-0.05, 0) is 25.1 Å². The van der Waals surface area contributed by atoms with E-state index in [1.165, 1.54) is 7.05 Å². The molecule has 1 atom stereocenters. The molecule has 4 nitrogen and oxygen atoms in total. The summed E-state index contributed by atoms with van der Waals surface area (Å²) in [7, 11) is 1.44. The van der Waals surface area contributed by atoms with Crippen LogP contribution in [0.5, 0.6) is 0 Å². The van der Waals surface area contributed by atoms with Gasteiger partial charge in [0.1, 0.15) is 5.82 Å². The van der Waals surface area contributed by atoms with Crippen molar-refractivity contribution < 1.29 is 22.8 Å². The number of benzene rings is 1. The number of carbonyl (C=O) groups excluding carboxylic acids is 1. The minimum absolute atomic E-state index is 0.145. The van der Waals surface area contributed by atoms with Gasteiger partial charge in [0, 0.05) is 6.07 Å². The second kappa shape index (κ2) is 6.09. The Morgan fingerprint density at radius 2 is 2.00 bits per heavy atom. The first-order valence-electron chi connectivity index (χ1n) is 5.01. The van der Waals surface area contributed by atoms with E-state index in [1.54, 1.807) is 0 Å². The van der Waals surface area contributed by atoms with E-state index >= 15 is 0 Å². The Bertz CT molecular complexity index is 513. The van der Waals surface area contributed by atoms with Crippen molar-refractivity contribution in [1.82, 2.24) is 5.32 Å². The summed E-state index contributed by atoms with van der Waals surface area (Å²) in [5.74, 6) is -4.03. The molecule has 0 aromatic heterocycles. The predicted molar refractivity (Wildman–Crippen MR) is 57.6 cm³/mol. The molecule has 0 fully saturated rings. The molecule has 0 bridgehead atoms. The van der Waals surface area contributed by atoms with Gasteiger partial charge in [-0.1, -0.05) is 0 Å². The SMILES string of the molecule is CN[C@H](Cc1cc(F)c(F)cc1F)C(=O)C=[N+]=[N-]. The summed E-state index contributed by atoms with van der Waals surface area (Å²) in [4.78, 5) is 13.9. The van der Waals surface area contributed by atoms with Crippen LogP contribution in [0.2, 0.25) is 0 Å². The molecule has 96 valence electrons. The van der Waals surface area contributed by atoms with Crippen molar-refractivity contribution in [2.45, 2.75) is 12.5 Å². The lowest BCUT2D eigenvalue weighted by Gasteiger charge is -2.11. The molecule has 1 N–H and O–H groups in total. The van der Waals surface area contributed by atoms with Crippen molar-refractivity contribution in [3.63, 3.8) is 0 Å². The highest BCUT2D eigenvalue weighted by molar-refractivity contribution is 6.27. The van der Waals surface area contributed by atoms with E-state index < -0.39 is 29.3 Å². The van der Waals surface area contributed by atoms with Gasteiger partial charge in [0.2, 0.25) is 0 Å². The van der Waals surface area contributed by atoms with Gasteiger partial charge in [-0.2, -0.15) is 4.79 Å². The van der Waals surface area contributed by atoms with Gasteiger partial charge >= 0.3 is 6.21 Å². The third-order valence-electron chi connectivity index (χ3n) is 2.39. The first-order valence-corrected chi connectivity index (χ1v) is 5.01. The highest BCUT2D eigenvalue weighted by Crippen LogP contribution is 2.15. The lowest BCUT2D eigenvalue weighted by molar-refractivity contribution is -0.117. The number of likely N-dealkylation sites (N-methyl/N-ethyl adjacent to an activating group) is 1. The molecule has 1 rings (SSSR count). The lowest BCUT2D eigenvalue weighted by atomic mass is 10.0. The van der Waals surface area contributed by atoms with E-state index in [4.69, 9.17) is 5.53 Å². The predicted octanol–water partition coefficient (Wildman–Crippen LogP) is 1.10. The summed E-state index contributed by atoms with van der Waals surface area (Å²) in [5, 5.41) is 2.56. The summed E-state index contributed by atoms with van der Waals surface area (Å²) >= 11 is 0. The zero-order chi connectivity index (χ0) is 13.7. The fourth-order valence-electron chi connectivity index (χ4n) is 1.43. The van der Waals surface area contributed by atoms with Gasteiger partial charge in [-0.25, -0.2) is 13.2 Å². The summed E-state index contributed by atoms with van der Waals surface area (Å²) in [6.07, 6.45) is 0.462. The molecule has 0 unspecified atom stereocenters. The van der Waals surface area contributed by atoms with E-state index in [2.05, 4.69) is 10.1 Å². The Morgan fingerprint density at radius 3 is 2.56 bits per heavy atom. The molecule has 18 heavy (non-hydrogen) atoms. The fraction of sp³-hybridized carbons (Fsp3) is 0.273. The standard InChI is InChI=1S/C11H10F3N3O/c1-16-10(11(18)5-17-15)3-6-2-8(13)9(14)4-7(6)12/h2,4-5,10,16H,3H2,1H3/t10-/m1/s1. The molecule has 7 heteroatoms. The van der Waals surface area contributed by atoms with Gasteiger partial charge in [-0.15, -0.1) is 0 Å². The molecular weight excluding hydrogens is 247 g/mol. The van der Waals surface area contributed by atoms with Crippen LogP contribution >= 0.6 is 0 Å². The Kier molecular flexibility index (Phi) is 4.76. The van der Waals surface area contributed by atoms with Crippen molar-refractivity contribution in [1.29, 1.82) is 0 Å². The minimum atomic E-state index is -1.29. The van der Waals surface area contributed by atoms with E-state index in [9.17, 15) is 18.0 Å². The third kappa shape index (κ3) is 3.26. The van der Waals surface area contributed by atoms with Gasteiger partial charge in [-0.3, -0.25) is 4.79 Å². The molecule has 0 aliphatic carbocycles. The summed E-state index contributed by atoms with van der Waals surface area (Å²) in [6.45, 7) is 0. The maximum Gasteiger partial charge on any atom is 0.324 e. The number of nitrogens with zero attached hydrogens (tertiary/aromatic N) is 2. The average Bonchev–Trinajstić information content (AvgIpc) is 2.32. The first-order chi connectivity index (χ1) is 8.49. The first kappa shape index (κ1) is 14.1. The molecule has 0 saturated heterocycles. The second-order valence-corrected chi connectivity index (χ2v) is 3.55. The topological polar surface area (TPSA) is 65.5 Å². The molecule has 1 aromatic carbocycles. The number of nitrogens with one attached hydrogen (secondary N) is 1. The monoisotopic (exact) mass is 257 g/mol. The Hall–Kier alpha value is -1.98. The quantitative estimate of drug-likeness (QED) is 0.371. The average molecular weight is 257 g/mol. The Balaban J connectivity index is 2.98. The van der Waals surface area contributed by atoms with Crippen LogP contribution in [0, 0.1) is 17.5 Å². The molecule has 0 radical (unpaired) electrons. The number of Topliss-reactive ketones (excluding diaryl/α,β-unsaturated/α-hetero) is 1. The highest BCUT2D eigenvalue weighted by atomic mass is 19.2. The van der Waals surface area contributed by atoms with E-state index in [0.717, 1.165) is 0 Å². The van der Waals surface area contributed by atoms with Gasteiger partial charge in [0.25, 0.3) is 5.78 Å². The van der Waals surface area contributed by atoms with Crippen LogP contribution in [0.25, 0.3) is 5.53 Å². The van der Waals surface area contributed by atoms with Crippen LogP contribution < -0.4 is 5.32 Å².